The van der Waals surface area contributed by atoms with Crippen LogP contribution in [0.5, 0.6) is 0 Å². The predicted molar refractivity (Wildman–Crippen MR) is 95.7 cm³/mol. The molecule has 2 aromatic heterocycles. The van der Waals surface area contributed by atoms with Gasteiger partial charge >= 0.3 is 5.76 Å². The molecule has 26 heavy (non-hydrogen) atoms. The van der Waals surface area contributed by atoms with Crippen molar-refractivity contribution < 1.29 is 18.4 Å². The number of aryl methyl sites for hydroxylation is 1. The fourth-order valence-corrected chi connectivity index (χ4v) is 2.86. The van der Waals surface area contributed by atoms with Gasteiger partial charge in [-0.15, -0.1) is 0 Å². The summed E-state index contributed by atoms with van der Waals surface area (Å²) < 4.78 is 17.2. The molecule has 7 heteroatoms. The van der Waals surface area contributed by atoms with Crippen LogP contribution in [-0.4, -0.2) is 35.6 Å². The van der Waals surface area contributed by atoms with E-state index in [4.69, 9.17) is 13.6 Å². The van der Waals surface area contributed by atoms with Crippen LogP contribution in [0.15, 0.2) is 56.3 Å². The normalized spacial score (nSPS) is 11.1. The highest BCUT2D eigenvalue weighted by atomic mass is 16.5. The molecule has 1 amide bonds. The molecule has 3 aromatic rings. The van der Waals surface area contributed by atoms with Crippen molar-refractivity contribution >= 4 is 17.0 Å². The number of fused-ring (bicyclic) bond motifs is 1. The molecule has 2 heterocycles. The molecule has 7 nitrogen and oxygen atoms in total. The second kappa shape index (κ2) is 8.53. The molecule has 3 rings (SSSR count). The van der Waals surface area contributed by atoms with Crippen molar-refractivity contribution in [3.05, 3.63) is 59.0 Å². The summed E-state index contributed by atoms with van der Waals surface area (Å²) in [5, 5.41) is 0. The van der Waals surface area contributed by atoms with E-state index in [1.54, 1.807) is 35.0 Å². The van der Waals surface area contributed by atoms with Crippen molar-refractivity contribution in [2.24, 2.45) is 0 Å². The molecule has 0 atom stereocenters. The van der Waals surface area contributed by atoms with E-state index in [1.165, 1.54) is 0 Å². The van der Waals surface area contributed by atoms with Gasteiger partial charge in [-0.25, -0.2) is 4.79 Å². The number of hydrogen-bond acceptors (Lipinski definition) is 5. The zero-order chi connectivity index (χ0) is 18.4. The van der Waals surface area contributed by atoms with Crippen LogP contribution in [0.2, 0.25) is 0 Å². The fraction of sp³-hybridized carbons (Fsp3) is 0.368. The van der Waals surface area contributed by atoms with Gasteiger partial charge in [0.05, 0.1) is 24.9 Å². The minimum Gasteiger partial charge on any atom is -0.467 e. The summed E-state index contributed by atoms with van der Waals surface area (Å²) in [5.74, 6) is 0.330. The Labute approximate surface area is 150 Å². The van der Waals surface area contributed by atoms with Gasteiger partial charge in [0.2, 0.25) is 5.91 Å². The maximum absolute atomic E-state index is 12.6. The van der Waals surface area contributed by atoms with Crippen LogP contribution in [0.4, 0.5) is 0 Å². The van der Waals surface area contributed by atoms with E-state index in [9.17, 15) is 9.59 Å². The standard InChI is InChI=1S/C19H22N2O5/c1-24-13-11-20(14-15-6-5-12-25-15)18(22)9-4-10-21-16-7-2-3-8-17(16)26-19(21)23/h2-3,5-8,12H,4,9-11,13-14H2,1H3. The Bertz CT molecular complexity index is 894. The number of ether oxygens (including phenoxy) is 1. The summed E-state index contributed by atoms with van der Waals surface area (Å²) >= 11 is 0. The van der Waals surface area contributed by atoms with E-state index in [0.29, 0.717) is 44.7 Å². The van der Waals surface area contributed by atoms with Crippen LogP contribution < -0.4 is 5.76 Å². The van der Waals surface area contributed by atoms with Crippen molar-refractivity contribution in [2.45, 2.75) is 25.9 Å². The Balaban J connectivity index is 1.60. The van der Waals surface area contributed by atoms with Crippen molar-refractivity contribution in [1.82, 2.24) is 9.47 Å². The van der Waals surface area contributed by atoms with Crippen LogP contribution in [0.25, 0.3) is 11.1 Å². The minimum atomic E-state index is -0.398. The van der Waals surface area contributed by atoms with Gasteiger partial charge in [0, 0.05) is 26.6 Å². The predicted octanol–water partition coefficient (Wildman–Crippen LogP) is 2.64. The third kappa shape index (κ3) is 4.23. The third-order valence-electron chi connectivity index (χ3n) is 4.19. The molecule has 0 saturated heterocycles. The number of hydrogen-bond donors (Lipinski definition) is 0. The first-order valence-electron chi connectivity index (χ1n) is 8.56. The topological polar surface area (TPSA) is 77.8 Å². The molecular weight excluding hydrogens is 336 g/mol. The number of amides is 1. The van der Waals surface area contributed by atoms with Gasteiger partial charge in [0.15, 0.2) is 5.58 Å². The zero-order valence-electron chi connectivity index (χ0n) is 14.7. The van der Waals surface area contributed by atoms with Gasteiger partial charge in [-0.2, -0.15) is 0 Å². The molecular formula is C19H22N2O5. The number of benzene rings is 1. The Hall–Kier alpha value is -2.80. The number of oxazole rings is 1. The first-order chi connectivity index (χ1) is 12.7. The summed E-state index contributed by atoms with van der Waals surface area (Å²) in [5.41, 5.74) is 1.31. The lowest BCUT2D eigenvalue weighted by Crippen LogP contribution is -2.33. The van der Waals surface area contributed by atoms with Crippen LogP contribution in [-0.2, 0) is 22.6 Å². The highest BCUT2D eigenvalue weighted by Gasteiger charge is 2.16. The molecule has 0 spiro atoms. The molecule has 0 fully saturated rings. The molecule has 0 aliphatic heterocycles. The summed E-state index contributed by atoms with van der Waals surface area (Å²) in [6, 6.07) is 10.9. The van der Waals surface area contributed by atoms with Crippen LogP contribution in [0.3, 0.4) is 0 Å². The molecule has 0 bridgehead atoms. The van der Waals surface area contributed by atoms with Crippen molar-refractivity contribution in [3.8, 4) is 0 Å². The van der Waals surface area contributed by atoms with Gasteiger partial charge in [0.25, 0.3) is 0 Å². The average Bonchev–Trinajstić information content (AvgIpc) is 3.26. The lowest BCUT2D eigenvalue weighted by atomic mass is 10.2. The molecule has 0 aliphatic rings. The molecule has 0 N–H and O–H groups in total. The summed E-state index contributed by atoms with van der Waals surface area (Å²) in [6.45, 7) is 1.78. The molecule has 138 valence electrons. The molecule has 0 saturated carbocycles. The first-order valence-corrected chi connectivity index (χ1v) is 8.56. The van der Waals surface area contributed by atoms with E-state index in [2.05, 4.69) is 0 Å². The van der Waals surface area contributed by atoms with Gasteiger partial charge in [0.1, 0.15) is 5.76 Å². The van der Waals surface area contributed by atoms with Crippen LogP contribution in [0.1, 0.15) is 18.6 Å². The minimum absolute atomic E-state index is 0.000649. The molecule has 0 radical (unpaired) electrons. The quantitative estimate of drug-likeness (QED) is 0.588. The summed E-state index contributed by atoms with van der Waals surface area (Å²) in [4.78, 5) is 26.3. The van der Waals surface area contributed by atoms with Crippen LogP contribution in [0, 0.1) is 0 Å². The third-order valence-corrected chi connectivity index (χ3v) is 4.19. The molecule has 0 unspecified atom stereocenters. The van der Waals surface area contributed by atoms with Gasteiger partial charge in [-0.05, 0) is 30.7 Å². The van der Waals surface area contributed by atoms with Crippen molar-refractivity contribution in [1.29, 1.82) is 0 Å². The van der Waals surface area contributed by atoms with E-state index < -0.39 is 5.76 Å². The van der Waals surface area contributed by atoms with Gasteiger partial charge in [-0.1, -0.05) is 12.1 Å². The maximum Gasteiger partial charge on any atom is 0.419 e. The highest BCUT2D eigenvalue weighted by Crippen LogP contribution is 2.13. The zero-order valence-corrected chi connectivity index (χ0v) is 14.7. The van der Waals surface area contributed by atoms with E-state index >= 15 is 0 Å². The largest absolute Gasteiger partial charge is 0.467 e. The number of nitrogens with zero attached hydrogens (tertiary/aromatic N) is 2. The lowest BCUT2D eigenvalue weighted by Gasteiger charge is -2.21. The smallest absolute Gasteiger partial charge is 0.419 e. The Kier molecular flexibility index (Phi) is 5.91. The second-order valence-electron chi connectivity index (χ2n) is 5.98. The SMILES string of the molecule is COCCN(Cc1ccco1)C(=O)CCCn1c(=O)oc2ccccc21. The highest BCUT2D eigenvalue weighted by molar-refractivity contribution is 5.76. The van der Waals surface area contributed by atoms with Crippen molar-refractivity contribution in [2.75, 3.05) is 20.3 Å². The van der Waals surface area contributed by atoms with Gasteiger partial charge < -0.3 is 18.5 Å². The maximum atomic E-state index is 12.6. The Morgan fingerprint density at radius 2 is 2.08 bits per heavy atom. The molecule has 0 aliphatic carbocycles. The number of carbonyl (C=O) groups is 1. The number of rotatable bonds is 9. The Morgan fingerprint density at radius 3 is 2.85 bits per heavy atom. The van der Waals surface area contributed by atoms with E-state index in [0.717, 1.165) is 11.3 Å². The summed E-state index contributed by atoms with van der Waals surface area (Å²) in [7, 11) is 1.60. The number of furan rings is 1. The van der Waals surface area contributed by atoms with E-state index in [1.807, 2.05) is 24.3 Å². The first kappa shape index (κ1) is 18.0. The summed E-state index contributed by atoms with van der Waals surface area (Å²) in [6.07, 6.45) is 2.46. The second-order valence-corrected chi connectivity index (χ2v) is 5.98. The monoisotopic (exact) mass is 358 g/mol. The number of carbonyl (C=O) groups excluding carboxylic acids is 1. The number of methoxy groups -OCH3 is 1. The van der Waals surface area contributed by atoms with Crippen molar-refractivity contribution in [3.63, 3.8) is 0 Å². The number of aromatic nitrogens is 1. The van der Waals surface area contributed by atoms with E-state index in [-0.39, 0.29) is 5.91 Å². The lowest BCUT2D eigenvalue weighted by molar-refractivity contribution is -0.132. The number of para-hydroxylation sites is 2. The fourth-order valence-electron chi connectivity index (χ4n) is 2.86. The Morgan fingerprint density at radius 1 is 1.23 bits per heavy atom. The average molecular weight is 358 g/mol. The van der Waals surface area contributed by atoms with Crippen LogP contribution >= 0.6 is 0 Å². The van der Waals surface area contributed by atoms with Gasteiger partial charge in [-0.3, -0.25) is 9.36 Å². The molecule has 1 aromatic carbocycles.